The van der Waals surface area contributed by atoms with E-state index in [1.54, 1.807) is 7.11 Å². The van der Waals surface area contributed by atoms with E-state index in [1.165, 1.54) is 0 Å². The topological polar surface area (TPSA) is 42.0 Å². The minimum absolute atomic E-state index is 0.160. The van der Waals surface area contributed by atoms with Gasteiger partial charge in [0.1, 0.15) is 18.1 Å². The lowest BCUT2D eigenvalue weighted by Crippen LogP contribution is -2.49. The molecule has 0 spiro atoms. The number of para-hydroxylation sites is 1. The maximum atomic E-state index is 12.9. The van der Waals surface area contributed by atoms with Gasteiger partial charge in [0.05, 0.1) is 19.7 Å². The molecule has 2 aliphatic rings. The number of rotatable bonds is 4. The first-order valence-corrected chi connectivity index (χ1v) is 9.11. The van der Waals surface area contributed by atoms with Crippen LogP contribution in [0.15, 0.2) is 48.5 Å². The van der Waals surface area contributed by atoms with Crippen molar-refractivity contribution >= 4 is 5.91 Å². The van der Waals surface area contributed by atoms with Crippen LogP contribution in [0.5, 0.6) is 11.5 Å². The van der Waals surface area contributed by atoms with Crippen molar-refractivity contribution in [3.8, 4) is 11.5 Å². The van der Waals surface area contributed by atoms with Gasteiger partial charge >= 0.3 is 0 Å². The van der Waals surface area contributed by atoms with Gasteiger partial charge in [0, 0.05) is 25.2 Å². The largest absolute Gasteiger partial charge is 0.497 e. The summed E-state index contributed by atoms with van der Waals surface area (Å²) in [5.41, 5.74) is 2.29. The molecule has 0 radical (unpaired) electrons. The zero-order valence-electron chi connectivity index (χ0n) is 15.1. The molecule has 1 unspecified atom stereocenters. The highest BCUT2D eigenvalue weighted by Gasteiger charge is 2.34. The van der Waals surface area contributed by atoms with Gasteiger partial charge in [-0.1, -0.05) is 30.3 Å². The number of likely N-dealkylation sites (tertiary alicyclic amines) is 1. The van der Waals surface area contributed by atoms with Crippen LogP contribution in [0.3, 0.4) is 0 Å². The summed E-state index contributed by atoms with van der Waals surface area (Å²) < 4.78 is 11.1. The van der Waals surface area contributed by atoms with Gasteiger partial charge in [-0.3, -0.25) is 9.69 Å². The van der Waals surface area contributed by atoms with Gasteiger partial charge in [-0.2, -0.15) is 0 Å². The van der Waals surface area contributed by atoms with Crippen molar-refractivity contribution < 1.29 is 14.3 Å². The van der Waals surface area contributed by atoms with E-state index in [9.17, 15) is 4.79 Å². The molecule has 2 aromatic carbocycles. The average molecular weight is 352 g/mol. The Morgan fingerprint density at radius 2 is 2.08 bits per heavy atom. The van der Waals surface area contributed by atoms with E-state index in [1.807, 2.05) is 41.3 Å². The smallest absolute Gasteiger partial charge is 0.237 e. The maximum absolute atomic E-state index is 12.9. The third-order valence-corrected chi connectivity index (χ3v) is 5.21. The fourth-order valence-electron chi connectivity index (χ4n) is 3.68. The lowest BCUT2D eigenvalue weighted by Gasteiger charge is -2.42. The number of ether oxygens (including phenoxy) is 2. The number of carbonyl (C=O) groups is 1. The molecule has 0 bridgehead atoms. The number of amides is 1. The van der Waals surface area contributed by atoms with E-state index < -0.39 is 0 Å². The van der Waals surface area contributed by atoms with Gasteiger partial charge in [-0.25, -0.2) is 0 Å². The van der Waals surface area contributed by atoms with Crippen molar-refractivity contribution in [3.63, 3.8) is 0 Å². The minimum Gasteiger partial charge on any atom is -0.497 e. The molecular weight excluding hydrogens is 328 g/mol. The van der Waals surface area contributed by atoms with Crippen molar-refractivity contribution in [3.05, 3.63) is 59.7 Å². The van der Waals surface area contributed by atoms with Gasteiger partial charge < -0.3 is 14.4 Å². The summed E-state index contributed by atoms with van der Waals surface area (Å²) in [6.07, 6.45) is 1.00. The molecule has 2 aliphatic heterocycles. The summed E-state index contributed by atoms with van der Waals surface area (Å²) in [6, 6.07) is 16.2. The molecule has 1 saturated heterocycles. The van der Waals surface area contributed by atoms with Crippen LogP contribution in [-0.2, 0) is 11.3 Å². The molecule has 2 aromatic rings. The van der Waals surface area contributed by atoms with Crippen molar-refractivity contribution in [1.29, 1.82) is 0 Å². The molecule has 4 rings (SSSR count). The molecule has 5 heteroatoms. The van der Waals surface area contributed by atoms with Crippen LogP contribution in [-0.4, -0.2) is 49.1 Å². The van der Waals surface area contributed by atoms with E-state index in [0.717, 1.165) is 48.7 Å². The molecule has 1 atom stereocenters. The van der Waals surface area contributed by atoms with Crippen molar-refractivity contribution in [2.75, 3.05) is 33.4 Å². The van der Waals surface area contributed by atoms with Crippen LogP contribution in [0.2, 0.25) is 0 Å². The Hall–Kier alpha value is -2.53. The van der Waals surface area contributed by atoms with Crippen LogP contribution in [0.25, 0.3) is 0 Å². The standard InChI is InChI=1S/C21H24N2O3/c1-25-18-7-4-6-16(13-18)19-9-10-23(19)21(24)15-22-11-12-26-20-8-3-2-5-17(20)14-22/h2-8,13,19H,9-12,14-15H2,1H3. The number of methoxy groups -OCH3 is 1. The molecule has 26 heavy (non-hydrogen) atoms. The molecule has 2 heterocycles. The third kappa shape index (κ3) is 3.40. The number of carbonyl (C=O) groups excluding carboxylic acids is 1. The second-order valence-electron chi connectivity index (χ2n) is 6.84. The number of hydrogen-bond donors (Lipinski definition) is 0. The Labute approximate surface area is 154 Å². The Morgan fingerprint density at radius 1 is 1.19 bits per heavy atom. The van der Waals surface area contributed by atoms with Crippen molar-refractivity contribution in [1.82, 2.24) is 9.80 Å². The molecule has 0 aromatic heterocycles. The normalized spacial score (nSPS) is 19.7. The molecule has 136 valence electrons. The fraction of sp³-hybridized carbons (Fsp3) is 0.381. The fourth-order valence-corrected chi connectivity index (χ4v) is 3.68. The van der Waals surface area contributed by atoms with E-state index in [-0.39, 0.29) is 11.9 Å². The first-order chi connectivity index (χ1) is 12.7. The lowest BCUT2D eigenvalue weighted by molar-refractivity contribution is -0.140. The summed E-state index contributed by atoms with van der Waals surface area (Å²) in [4.78, 5) is 17.0. The summed E-state index contributed by atoms with van der Waals surface area (Å²) in [6.45, 7) is 3.38. The van der Waals surface area contributed by atoms with Crippen LogP contribution < -0.4 is 9.47 Å². The Kier molecular flexibility index (Phi) is 4.80. The predicted octanol–water partition coefficient (Wildman–Crippen LogP) is 2.86. The average Bonchev–Trinajstić information content (AvgIpc) is 2.82. The maximum Gasteiger partial charge on any atom is 0.237 e. The zero-order valence-corrected chi connectivity index (χ0v) is 15.1. The monoisotopic (exact) mass is 352 g/mol. The van der Waals surface area contributed by atoms with E-state index in [4.69, 9.17) is 9.47 Å². The highest BCUT2D eigenvalue weighted by atomic mass is 16.5. The molecule has 5 nitrogen and oxygen atoms in total. The van der Waals surface area contributed by atoms with E-state index in [2.05, 4.69) is 17.0 Å². The van der Waals surface area contributed by atoms with Gasteiger partial charge in [0.2, 0.25) is 5.91 Å². The van der Waals surface area contributed by atoms with Crippen LogP contribution >= 0.6 is 0 Å². The van der Waals surface area contributed by atoms with Crippen molar-refractivity contribution in [2.24, 2.45) is 0 Å². The van der Waals surface area contributed by atoms with E-state index in [0.29, 0.717) is 13.2 Å². The second kappa shape index (κ2) is 7.38. The van der Waals surface area contributed by atoms with Gasteiger partial charge in [-0.05, 0) is 30.2 Å². The second-order valence-corrected chi connectivity index (χ2v) is 6.84. The molecule has 0 saturated carbocycles. The number of nitrogens with zero attached hydrogens (tertiary/aromatic N) is 2. The highest BCUT2D eigenvalue weighted by molar-refractivity contribution is 5.79. The SMILES string of the molecule is COc1cccc(C2CCN2C(=O)CN2CCOc3ccccc3C2)c1. The predicted molar refractivity (Wildman–Crippen MR) is 99.3 cm³/mol. The van der Waals surface area contributed by atoms with Gasteiger partial charge in [0.25, 0.3) is 0 Å². The molecular formula is C21H24N2O3. The zero-order chi connectivity index (χ0) is 17.9. The van der Waals surface area contributed by atoms with E-state index >= 15 is 0 Å². The highest BCUT2D eigenvalue weighted by Crippen LogP contribution is 2.35. The Balaban J connectivity index is 1.42. The number of fused-ring (bicyclic) bond motifs is 1. The Morgan fingerprint density at radius 3 is 2.88 bits per heavy atom. The van der Waals surface area contributed by atoms with Crippen LogP contribution in [0, 0.1) is 0 Å². The molecule has 0 N–H and O–H groups in total. The number of benzene rings is 2. The molecule has 0 aliphatic carbocycles. The molecule has 1 amide bonds. The summed E-state index contributed by atoms with van der Waals surface area (Å²) >= 11 is 0. The third-order valence-electron chi connectivity index (χ3n) is 5.21. The molecule has 1 fully saturated rings. The van der Waals surface area contributed by atoms with Crippen LogP contribution in [0.4, 0.5) is 0 Å². The first kappa shape index (κ1) is 16.9. The Bertz CT molecular complexity index is 792. The van der Waals surface area contributed by atoms with Gasteiger partial charge in [0.15, 0.2) is 0 Å². The quantitative estimate of drug-likeness (QED) is 0.849. The first-order valence-electron chi connectivity index (χ1n) is 9.11. The minimum atomic E-state index is 0.160. The van der Waals surface area contributed by atoms with Crippen LogP contribution in [0.1, 0.15) is 23.6 Å². The number of hydrogen-bond acceptors (Lipinski definition) is 4. The van der Waals surface area contributed by atoms with Crippen molar-refractivity contribution in [2.45, 2.75) is 19.0 Å². The summed E-state index contributed by atoms with van der Waals surface area (Å²) in [5.74, 6) is 1.95. The van der Waals surface area contributed by atoms with Gasteiger partial charge in [-0.15, -0.1) is 0 Å². The lowest BCUT2D eigenvalue weighted by atomic mass is 9.94. The summed E-state index contributed by atoms with van der Waals surface area (Å²) in [5, 5.41) is 0. The summed E-state index contributed by atoms with van der Waals surface area (Å²) in [7, 11) is 1.67.